The highest BCUT2D eigenvalue weighted by Crippen LogP contribution is 2.55. The van der Waals surface area contributed by atoms with Gasteiger partial charge in [-0.15, -0.1) is 22.7 Å². The first-order valence-electron chi connectivity index (χ1n) is 21.6. The maximum absolute atomic E-state index is 5.64. The van der Waals surface area contributed by atoms with Gasteiger partial charge in [0, 0.05) is 63.8 Å². The second kappa shape index (κ2) is 16.1. The third-order valence-electron chi connectivity index (χ3n) is 12.9. The minimum absolute atomic E-state index is 0.426. The number of hydrogen-bond acceptors (Lipinski definition) is 8. The lowest BCUT2D eigenvalue weighted by Gasteiger charge is -2.32. The average molecular weight is 887 g/mol. The minimum atomic E-state index is -0.426. The molecule has 0 aliphatic heterocycles. The Morgan fingerprint density at radius 2 is 0.923 bits per heavy atom. The fourth-order valence-electron chi connectivity index (χ4n) is 9.67. The predicted octanol–water partition coefficient (Wildman–Crippen LogP) is 16.2. The zero-order chi connectivity index (χ0) is 44.4. The average Bonchev–Trinajstić information content (AvgIpc) is 3.91. The lowest BCUT2D eigenvalue weighted by molar-refractivity contribution is 0.414. The Balaban J connectivity index is 1.16. The zero-order valence-corrected chi connectivity index (χ0v) is 38.6. The SMILES string of the molecule is COc1ccc(N(c2ccc(OC)cc2)c2cccc3c2sc2c4c(ccc23)C=Cc2c(cc(N(c3ccc(OC)cc3)c3ccc(OC)cc3)c3c2sc2ccccc23)C4(C)C)cc1. The van der Waals surface area contributed by atoms with Gasteiger partial charge >= 0.3 is 0 Å². The monoisotopic (exact) mass is 886 g/mol. The van der Waals surface area contributed by atoms with Crippen molar-refractivity contribution in [3.8, 4) is 23.0 Å². The van der Waals surface area contributed by atoms with Crippen LogP contribution in [0.2, 0.25) is 0 Å². The van der Waals surface area contributed by atoms with Crippen LogP contribution in [0.1, 0.15) is 36.1 Å². The molecule has 6 nitrogen and oxygen atoms in total. The Kier molecular flexibility index (Phi) is 10.0. The fourth-order valence-corrected chi connectivity index (χ4v) is 12.4. The molecular formula is C57H46N2O4S2. The largest absolute Gasteiger partial charge is 0.497 e. The van der Waals surface area contributed by atoms with E-state index in [4.69, 9.17) is 18.9 Å². The third kappa shape index (κ3) is 6.66. The number of rotatable bonds is 10. The quantitative estimate of drug-likeness (QED) is 0.136. The summed E-state index contributed by atoms with van der Waals surface area (Å²) in [5.74, 6) is 3.25. The van der Waals surface area contributed by atoms with Crippen LogP contribution in [-0.2, 0) is 5.41 Å². The molecule has 0 amide bonds. The van der Waals surface area contributed by atoms with Crippen molar-refractivity contribution in [1.82, 2.24) is 0 Å². The van der Waals surface area contributed by atoms with Gasteiger partial charge in [-0.25, -0.2) is 0 Å². The van der Waals surface area contributed by atoms with Crippen molar-refractivity contribution >= 4 is 109 Å². The number of benzene rings is 8. The zero-order valence-electron chi connectivity index (χ0n) is 37.0. The molecular weight excluding hydrogens is 841 g/mol. The predicted molar refractivity (Wildman–Crippen MR) is 275 cm³/mol. The van der Waals surface area contributed by atoms with Crippen LogP contribution in [0, 0.1) is 0 Å². The van der Waals surface area contributed by atoms with Crippen LogP contribution < -0.4 is 28.7 Å². The van der Waals surface area contributed by atoms with Gasteiger partial charge in [-0.3, -0.25) is 0 Å². The van der Waals surface area contributed by atoms with E-state index in [9.17, 15) is 0 Å². The molecule has 0 radical (unpaired) electrons. The normalized spacial score (nSPS) is 12.8. The molecule has 0 spiro atoms. The molecule has 0 N–H and O–H groups in total. The molecule has 10 aromatic rings. The van der Waals surface area contributed by atoms with Crippen molar-refractivity contribution in [1.29, 1.82) is 0 Å². The molecule has 2 heterocycles. The Hall–Kier alpha value is -7.26. The van der Waals surface area contributed by atoms with E-state index in [0.29, 0.717) is 0 Å². The Morgan fingerprint density at radius 3 is 1.46 bits per heavy atom. The lowest BCUT2D eigenvalue weighted by Crippen LogP contribution is -2.22. The van der Waals surface area contributed by atoms with Gasteiger partial charge in [0.1, 0.15) is 23.0 Å². The summed E-state index contributed by atoms with van der Waals surface area (Å²) in [7, 11) is 6.83. The molecule has 8 heteroatoms. The van der Waals surface area contributed by atoms with E-state index in [0.717, 1.165) is 57.1 Å². The molecule has 0 atom stereocenters. The van der Waals surface area contributed by atoms with Gasteiger partial charge in [0.25, 0.3) is 0 Å². The molecule has 65 heavy (non-hydrogen) atoms. The highest BCUT2D eigenvalue weighted by Gasteiger charge is 2.35. The Labute approximate surface area is 386 Å². The van der Waals surface area contributed by atoms with Gasteiger partial charge in [-0.1, -0.05) is 68.5 Å². The fraction of sp³-hybridized carbons (Fsp3) is 0.123. The molecule has 0 saturated heterocycles. The topological polar surface area (TPSA) is 43.4 Å². The summed E-state index contributed by atoms with van der Waals surface area (Å²) in [5.41, 5.74) is 11.0. The molecule has 2 aromatic heterocycles. The van der Waals surface area contributed by atoms with E-state index >= 15 is 0 Å². The number of fused-ring (bicyclic) bond motifs is 10. The number of anilines is 6. The molecule has 0 unspecified atom stereocenters. The molecule has 8 aromatic carbocycles. The molecule has 320 valence electrons. The van der Waals surface area contributed by atoms with Gasteiger partial charge in [0.05, 0.1) is 44.5 Å². The van der Waals surface area contributed by atoms with Crippen LogP contribution in [0.5, 0.6) is 23.0 Å². The summed E-state index contributed by atoms with van der Waals surface area (Å²) in [5, 5.41) is 4.95. The molecule has 0 bridgehead atoms. The van der Waals surface area contributed by atoms with Crippen LogP contribution in [0.25, 0.3) is 52.5 Å². The number of nitrogens with zero attached hydrogens (tertiary/aromatic N) is 2. The second-order valence-electron chi connectivity index (χ2n) is 16.7. The minimum Gasteiger partial charge on any atom is -0.497 e. The summed E-state index contributed by atoms with van der Waals surface area (Å²) in [6, 6.07) is 56.0. The summed E-state index contributed by atoms with van der Waals surface area (Å²) >= 11 is 3.76. The van der Waals surface area contributed by atoms with Crippen molar-refractivity contribution in [2.75, 3.05) is 38.2 Å². The van der Waals surface area contributed by atoms with Gasteiger partial charge in [0.2, 0.25) is 0 Å². The van der Waals surface area contributed by atoms with Crippen LogP contribution in [0.4, 0.5) is 34.1 Å². The highest BCUT2D eigenvalue weighted by atomic mass is 32.1. The van der Waals surface area contributed by atoms with Crippen molar-refractivity contribution in [3.05, 3.63) is 180 Å². The van der Waals surface area contributed by atoms with E-state index in [1.54, 1.807) is 28.4 Å². The summed E-state index contributed by atoms with van der Waals surface area (Å²) in [6.07, 6.45) is 4.72. The van der Waals surface area contributed by atoms with Crippen LogP contribution >= 0.6 is 22.7 Å². The van der Waals surface area contributed by atoms with Gasteiger partial charge in [0.15, 0.2) is 0 Å². The lowest BCUT2D eigenvalue weighted by atomic mass is 9.74. The number of methoxy groups -OCH3 is 4. The first-order chi connectivity index (χ1) is 31.8. The third-order valence-corrected chi connectivity index (χ3v) is 15.3. The van der Waals surface area contributed by atoms with E-state index in [1.165, 1.54) is 62.6 Å². The van der Waals surface area contributed by atoms with E-state index < -0.39 is 5.41 Å². The standard InChI is InChI=1S/C57H46N2O4S2/c1-57(2)48-34-50(59(38-20-28-42(62-5)29-21-38)39-22-30-43(63-6)31-23-39)52-47-10-7-8-13-51(47)64-55(52)46(48)33-15-35-14-32-45-44-11-9-12-49(54(44)65-56(45)53(35)57)58(36-16-24-40(60-3)25-17-36)37-18-26-41(61-4)27-19-37/h7-34H,1-6H3. The van der Waals surface area contributed by atoms with Crippen LogP contribution in [-0.4, -0.2) is 28.4 Å². The number of hydrogen-bond donors (Lipinski definition) is 0. The van der Waals surface area contributed by atoms with Gasteiger partial charge < -0.3 is 28.7 Å². The summed E-state index contributed by atoms with van der Waals surface area (Å²) in [4.78, 5) is 4.73. The van der Waals surface area contributed by atoms with Crippen molar-refractivity contribution in [2.24, 2.45) is 0 Å². The van der Waals surface area contributed by atoms with Crippen molar-refractivity contribution in [3.63, 3.8) is 0 Å². The van der Waals surface area contributed by atoms with E-state index in [2.05, 4.69) is 145 Å². The van der Waals surface area contributed by atoms with Crippen molar-refractivity contribution in [2.45, 2.75) is 19.3 Å². The maximum Gasteiger partial charge on any atom is 0.119 e. The molecule has 0 fully saturated rings. The smallest absolute Gasteiger partial charge is 0.119 e. The summed E-state index contributed by atoms with van der Waals surface area (Å²) < 4.78 is 27.5. The van der Waals surface area contributed by atoms with E-state index in [-0.39, 0.29) is 0 Å². The summed E-state index contributed by atoms with van der Waals surface area (Å²) in [6.45, 7) is 4.83. The first-order valence-corrected chi connectivity index (χ1v) is 23.2. The highest BCUT2D eigenvalue weighted by molar-refractivity contribution is 7.27. The molecule has 11 rings (SSSR count). The molecule has 0 saturated carbocycles. The van der Waals surface area contributed by atoms with Gasteiger partial charge in [-0.05, 0) is 138 Å². The number of ether oxygens (including phenoxy) is 4. The Morgan fingerprint density at radius 1 is 0.431 bits per heavy atom. The van der Waals surface area contributed by atoms with E-state index in [1.807, 2.05) is 71.2 Å². The van der Waals surface area contributed by atoms with Crippen LogP contribution in [0.3, 0.4) is 0 Å². The molecule has 1 aliphatic rings. The Bertz CT molecular complexity index is 3350. The molecule has 1 aliphatic carbocycles. The maximum atomic E-state index is 5.64. The second-order valence-corrected chi connectivity index (χ2v) is 18.8. The first kappa shape index (κ1) is 40.5. The number of thiophene rings is 2. The van der Waals surface area contributed by atoms with Crippen molar-refractivity contribution < 1.29 is 18.9 Å². The van der Waals surface area contributed by atoms with Crippen LogP contribution in [0.15, 0.2) is 158 Å². The van der Waals surface area contributed by atoms with Gasteiger partial charge in [-0.2, -0.15) is 0 Å².